The number of likely N-dealkylation sites (tertiary alicyclic amines) is 1. The molecule has 82 valence electrons. The van der Waals surface area contributed by atoms with Gasteiger partial charge in [0.15, 0.2) is 0 Å². The Balaban J connectivity index is 1.93. The number of phenolic OH excluding ortho intramolecular Hbond substituents is 1. The lowest BCUT2D eigenvalue weighted by atomic mass is 10.1. The highest BCUT2D eigenvalue weighted by Crippen LogP contribution is 2.17. The molecule has 1 aliphatic heterocycles. The molecule has 1 aromatic rings. The number of likely N-dealkylation sites (N-methyl/N-ethyl adjacent to an activating group) is 1. The molecule has 1 atom stereocenters. The highest BCUT2D eigenvalue weighted by atomic mass is 16.3. The van der Waals surface area contributed by atoms with Crippen LogP contribution in [0.4, 0.5) is 5.69 Å². The fourth-order valence-corrected chi connectivity index (χ4v) is 2.08. The van der Waals surface area contributed by atoms with Gasteiger partial charge in [0.1, 0.15) is 5.75 Å². The predicted molar refractivity (Wildman–Crippen MR) is 62.2 cm³/mol. The van der Waals surface area contributed by atoms with E-state index in [1.165, 1.54) is 19.4 Å². The van der Waals surface area contributed by atoms with Crippen molar-refractivity contribution in [1.29, 1.82) is 0 Å². The minimum absolute atomic E-state index is 0.321. The molecule has 3 nitrogen and oxygen atoms in total. The highest BCUT2D eigenvalue weighted by Gasteiger charge is 2.16. The number of rotatable bonds is 2. The molecule has 0 aromatic heterocycles. The molecule has 0 saturated carbocycles. The van der Waals surface area contributed by atoms with Crippen molar-refractivity contribution in [3.63, 3.8) is 0 Å². The molecule has 1 fully saturated rings. The maximum atomic E-state index is 9.17. The summed E-state index contributed by atoms with van der Waals surface area (Å²) in [6, 6.07) is 7.81. The second kappa shape index (κ2) is 4.53. The predicted octanol–water partition coefficient (Wildman–Crippen LogP) is 1.90. The van der Waals surface area contributed by atoms with Crippen molar-refractivity contribution in [2.75, 3.05) is 25.5 Å². The van der Waals surface area contributed by atoms with Crippen molar-refractivity contribution in [1.82, 2.24) is 4.90 Å². The molecule has 1 aliphatic rings. The van der Waals surface area contributed by atoms with Crippen LogP contribution in [0.15, 0.2) is 24.3 Å². The van der Waals surface area contributed by atoms with Crippen LogP contribution < -0.4 is 5.32 Å². The zero-order valence-corrected chi connectivity index (χ0v) is 9.11. The highest BCUT2D eigenvalue weighted by molar-refractivity contribution is 5.46. The molecule has 0 spiro atoms. The van der Waals surface area contributed by atoms with E-state index in [9.17, 15) is 0 Å². The Morgan fingerprint density at radius 3 is 2.73 bits per heavy atom. The van der Waals surface area contributed by atoms with E-state index in [1.807, 2.05) is 12.1 Å². The Morgan fingerprint density at radius 1 is 1.33 bits per heavy atom. The van der Waals surface area contributed by atoms with Crippen molar-refractivity contribution in [3.05, 3.63) is 24.3 Å². The van der Waals surface area contributed by atoms with E-state index in [4.69, 9.17) is 5.11 Å². The molecule has 3 heteroatoms. The summed E-state index contributed by atoms with van der Waals surface area (Å²) in [5, 5.41) is 12.7. The molecule has 2 rings (SSSR count). The molecule has 1 heterocycles. The first-order chi connectivity index (χ1) is 7.24. The summed E-state index contributed by atoms with van der Waals surface area (Å²) < 4.78 is 0. The molecule has 0 bridgehead atoms. The van der Waals surface area contributed by atoms with E-state index in [0.717, 1.165) is 12.2 Å². The number of hydrogen-bond donors (Lipinski definition) is 2. The third kappa shape index (κ3) is 2.86. The minimum atomic E-state index is 0.321. The quantitative estimate of drug-likeness (QED) is 0.725. The lowest BCUT2D eigenvalue weighted by Crippen LogP contribution is -2.39. The van der Waals surface area contributed by atoms with Crippen LogP contribution in [-0.2, 0) is 0 Å². The summed E-state index contributed by atoms with van der Waals surface area (Å²) in [5.74, 6) is 0.321. The maximum Gasteiger partial charge on any atom is 0.115 e. The Bertz CT molecular complexity index is 310. The molecule has 0 aliphatic carbocycles. The third-order valence-corrected chi connectivity index (χ3v) is 2.86. The van der Waals surface area contributed by atoms with Gasteiger partial charge in [0.25, 0.3) is 0 Å². The molecule has 1 saturated heterocycles. The first-order valence-corrected chi connectivity index (χ1v) is 5.48. The summed E-state index contributed by atoms with van der Waals surface area (Å²) in [7, 11) is 2.16. The van der Waals surface area contributed by atoms with E-state index in [-0.39, 0.29) is 0 Å². The molecule has 2 N–H and O–H groups in total. The number of piperidine rings is 1. The van der Waals surface area contributed by atoms with Gasteiger partial charge in [0.05, 0.1) is 0 Å². The van der Waals surface area contributed by atoms with Crippen LogP contribution in [0.1, 0.15) is 12.8 Å². The van der Waals surface area contributed by atoms with Gasteiger partial charge in [0.2, 0.25) is 0 Å². The van der Waals surface area contributed by atoms with Crippen molar-refractivity contribution >= 4 is 5.69 Å². The zero-order valence-electron chi connectivity index (χ0n) is 9.11. The van der Waals surface area contributed by atoms with Crippen LogP contribution in [0.5, 0.6) is 5.75 Å². The van der Waals surface area contributed by atoms with Gasteiger partial charge in [-0.05, 0) is 50.7 Å². The van der Waals surface area contributed by atoms with E-state index in [2.05, 4.69) is 17.3 Å². The molecule has 0 amide bonds. The summed E-state index contributed by atoms with van der Waals surface area (Å²) >= 11 is 0. The Hall–Kier alpha value is -1.22. The minimum Gasteiger partial charge on any atom is -0.508 e. The summed E-state index contributed by atoms with van der Waals surface area (Å²) in [6.07, 6.45) is 2.48. The van der Waals surface area contributed by atoms with E-state index < -0.39 is 0 Å². The van der Waals surface area contributed by atoms with Gasteiger partial charge >= 0.3 is 0 Å². The maximum absolute atomic E-state index is 9.17. The van der Waals surface area contributed by atoms with E-state index >= 15 is 0 Å². The number of nitrogens with zero attached hydrogens (tertiary/aromatic N) is 1. The fourth-order valence-electron chi connectivity index (χ4n) is 2.08. The summed E-state index contributed by atoms with van der Waals surface area (Å²) in [5.41, 5.74) is 1.09. The van der Waals surface area contributed by atoms with Gasteiger partial charge in [0, 0.05) is 18.3 Å². The second-order valence-electron chi connectivity index (χ2n) is 4.29. The van der Waals surface area contributed by atoms with Gasteiger partial charge < -0.3 is 15.3 Å². The fraction of sp³-hybridized carbons (Fsp3) is 0.500. The monoisotopic (exact) mass is 206 g/mol. The Labute approximate surface area is 90.7 Å². The second-order valence-corrected chi connectivity index (χ2v) is 4.29. The molecule has 15 heavy (non-hydrogen) atoms. The van der Waals surface area contributed by atoms with Crippen LogP contribution in [0.2, 0.25) is 0 Å². The smallest absolute Gasteiger partial charge is 0.115 e. The van der Waals surface area contributed by atoms with Crippen LogP contribution in [-0.4, -0.2) is 36.2 Å². The van der Waals surface area contributed by atoms with Crippen molar-refractivity contribution in [3.8, 4) is 5.75 Å². The number of nitrogens with one attached hydrogen (secondary N) is 1. The summed E-state index contributed by atoms with van der Waals surface area (Å²) in [6.45, 7) is 2.30. The Kier molecular flexibility index (Phi) is 3.11. The van der Waals surface area contributed by atoms with Gasteiger partial charge in [-0.3, -0.25) is 0 Å². The standard InChI is InChI=1S/C12H18N2O/c1-14-8-2-3-11(9-14)13-10-4-6-12(15)7-5-10/h4-7,11,13,15H,2-3,8-9H2,1H3. The normalized spacial score (nSPS) is 22.6. The first kappa shape index (κ1) is 10.3. The van der Waals surface area contributed by atoms with Gasteiger partial charge in [-0.15, -0.1) is 0 Å². The van der Waals surface area contributed by atoms with E-state index in [0.29, 0.717) is 11.8 Å². The topological polar surface area (TPSA) is 35.5 Å². The Morgan fingerprint density at radius 2 is 2.07 bits per heavy atom. The number of hydrogen-bond acceptors (Lipinski definition) is 3. The van der Waals surface area contributed by atoms with Gasteiger partial charge in [-0.25, -0.2) is 0 Å². The molecule has 0 radical (unpaired) electrons. The van der Waals surface area contributed by atoms with Gasteiger partial charge in [-0.2, -0.15) is 0 Å². The van der Waals surface area contributed by atoms with Crippen molar-refractivity contribution < 1.29 is 5.11 Å². The lowest BCUT2D eigenvalue weighted by molar-refractivity contribution is 0.261. The molecular formula is C12H18N2O. The molecular weight excluding hydrogens is 188 g/mol. The van der Waals surface area contributed by atoms with Crippen molar-refractivity contribution in [2.24, 2.45) is 0 Å². The summed E-state index contributed by atoms with van der Waals surface area (Å²) in [4.78, 5) is 2.35. The van der Waals surface area contributed by atoms with E-state index in [1.54, 1.807) is 12.1 Å². The zero-order chi connectivity index (χ0) is 10.7. The average molecular weight is 206 g/mol. The third-order valence-electron chi connectivity index (χ3n) is 2.86. The van der Waals surface area contributed by atoms with Crippen LogP contribution in [0.3, 0.4) is 0 Å². The van der Waals surface area contributed by atoms with Gasteiger partial charge in [-0.1, -0.05) is 0 Å². The van der Waals surface area contributed by atoms with Crippen LogP contribution in [0.25, 0.3) is 0 Å². The first-order valence-electron chi connectivity index (χ1n) is 5.48. The van der Waals surface area contributed by atoms with Crippen molar-refractivity contribution in [2.45, 2.75) is 18.9 Å². The lowest BCUT2D eigenvalue weighted by Gasteiger charge is -2.30. The molecule has 1 unspecified atom stereocenters. The molecule has 1 aromatic carbocycles. The number of benzene rings is 1. The number of anilines is 1. The number of aromatic hydroxyl groups is 1. The number of phenols is 1. The van der Waals surface area contributed by atoms with Crippen LogP contribution in [0, 0.1) is 0 Å². The van der Waals surface area contributed by atoms with Crippen LogP contribution >= 0.6 is 0 Å². The SMILES string of the molecule is CN1CCCC(Nc2ccc(O)cc2)C1. The average Bonchev–Trinajstić information content (AvgIpc) is 2.22. The largest absolute Gasteiger partial charge is 0.508 e.